The summed E-state index contributed by atoms with van der Waals surface area (Å²) in [4.78, 5) is 66.9. The Bertz CT molecular complexity index is 1410. The molecule has 0 spiro atoms. The quantitative estimate of drug-likeness (QED) is 0.292. The molecular formula is C21H19N5O7. The standard InChI is InChI=1S/C21H19N5O7/c1-24(16-9-12(26(32)33)8-13-18(16)23-20(30)19(29)22-13)15-7-6-11-4-2-3-5-14(11)25(21(15)31)10-17(27)28/h2-5,8-9,15H,6-7,10H2,1H3,(H,22,29)(H,23,30)(H,27,28). The van der Waals surface area contributed by atoms with Gasteiger partial charge in [0.2, 0.25) is 5.91 Å². The third-order valence-electron chi connectivity index (χ3n) is 5.67. The number of H-pyrrole nitrogens is 2. The van der Waals surface area contributed by atoms with Crippen LogP contribution in [0.1, 0.15) is 12.0 Å². The van der Waals surface area contributed by atoms with Gasteiger partial charge in [0.05, 0.1) is 21.6 Å². The average Bonchev–Trinajstić information content (AvgIpc) is 2.90. The van der Waals surface area contributed by atoms with Crippen LogP contribution in [0.2, 0.25) is 0 Å². The predicted octanol–water partition coefficient (Wildman–Crippen LogP) is 0.993. The molecule has 4 rings (SSSR count). The number of anilines is 2. The van der Waals surface area contributed by atoms with Crippen LogP contribution in [0, 0.1) is 10.1 Å². The van der Waals surface area contributed by atoms with Crippen molar-refractivity contribution >= 4 is 40.0 Å². The van der Waals surface area contributed by atoms with Crippen molar-refractivity contribution in [1.29, 1.82) is 0 Å². The third kappa shape index (κ3) is 3.93. The molecule has 1 atom stereocenters. The van der Waals surface area contributed by atoms with Crippen molar-refractivity contribution in [2.75, 3.05) is 23.4 Å². The van der Waals surface area contributed by atoms with Gasteiger partial charge in [-0.25, -0.2) is 0 Å². The number of fused-ring (bicyclic) bond motifs is 2. The molecule has 0 aliphatic carbocycles. The number of para-hydroxylation sites is 1. The van der Waals surface area contributed by atoms with Crippen molar-refractivity contribution in [1.82, 2.24) is 9.97 Å². The third-order valence-corrected chi connectivity index (χ3v) is 5.67. The first-order chi connectivity index (χ1) is 15.7. The van der Waals surface area contributed by atoms with E-state index in [1.54, 1.807) is 18.2 Å². The number of carbonyl (C=O) groups excluding carboxylic acids is 1. The molecule has 0 saturated carbocycles. The van der Waals surface area contributed by atoms with Crippen LogP contribution in [-0.2, 0) is 16.0 Å². The number of nitrogens with zero attached hydrogens (tertiary/aromatic N) is 3. The van der Waals surface area contributed by atoms with Gasteiger partial charge in [-0.2, -0.15) is 0 Å². The maximum absolute atomic E-state index is 13.5. The molecule has 12 nitrogen and oxygen atoms in total. The van der Waals surface area contributed by atoms with E-state index in [1.807, 2.05) is 6.07 Å². The van der Waals surface area contributed by atoms with Crippen molar-refractivity contribution in [3.05, 3.63) is 72.8 Å². The number of carboxylic acid groups (broad SMARTS) is 1. The lowest BCUT2D eigenvalue weighted by Crippen LogP contribution is -2.48. The van der Waals surface area contributed by atoms with E-state index in [4.69, 9.17) is 0 Å². The van der Waals surface area contributed by atoms with E-state index in [9.17, 15) is 34.4 Å². The summed E-state index contributed by atoms with van der Waals surface area (Å²) in [5, 5.41) is 20.9. The molecule has 1 amide bonds. The fourth-order valence-corrected chi connectivity index (χ4v) is 4.10. The first-order valence-corrected chi connectivity index (χ1v) is 9.96. The molecule has 0 saturated heterocycles. The van der Waals surface area contributed by atoms with Gasteiger partial charge in [0.1, 0.15) is 12.6 Å². The number of nitro benzene ring substituents is 1. The summed E-state index contributed by atoms with van der Waals surface area (Å²) in [6.07, 6.45) is 0.744. The van der Waals surface area contributed by atoms with Crippen molar-refractivity contribution < 1.29 is 19.6 Å². The number of aromatic amines is 2. The monoisotopic (exact) mass is 453 g/mol. The lowest BCUT2D eigenvalue weighted by Gasteiger charge is -2.31. The lowest BCUT2D eigenvalue weighted by atomic mass is 10.0. The van der Waals surface area contributed by atoms with Crippen molar-refractivity contribution in [3.63, 3.8) is 0 Å². The molecule has 2 heterocycles. The summed E-state index contributed by atoms with van der Waals surface area (Å²) in [5.74, 6) is -1.69. The number of aryl methyl sites for hydroxylation is 1. The Morgan fingerprint density at radius 3 is 2.61 bits per heavy atom. The lowest BCUT2D eigenvalue weighted by molar-refractivity contribution is -0.384. The molecular weight excluding hydrogens is 434 g/mol. The number of benzene rings is 2. The Labute approximate surface area is 185 Å². The fraction of sp³-hybridized carbons (Fsp3) is 0.238. The fourth-order valence-electron chi connectivity index (χ4n) is 4.10. The number of aromatic nitrogens is 2. The van der Waals surface area contributed by atoms with Crippen molar-refractivity contribution in [3.8, 4) is 0 Å². The maximum Gasteiger partial charge on any atom is 0.323 e. The summed E-state index contributed by atoms with van der Waals surface area (Å²) >= 11 is 0. The van der Waals surface area contributed by atoms with Crippen LogP contribution < -0.4 is 20.9 Å². The van der Waals surface area contributed by atoms with E-state index in [2.05, 4.69) is 9.97 Å². The summed E-state index contributed by atoms with van der Waals surface area (Å²) in [5.41, 5.74) is -0.684. The van der Waals surface area contributed by atoms with Gasteiger partial charge >= 0.3 is 17.1 Å². The minimum atomic E-state index is -1.19. The van der Waals surface area contributed by atoms with Gasteiger partial charge in [-0.15, -0.1) is 0 Å². The number of rotatable bonds is 5. The van der Waals surface area contributed by atoms with Crippen LogP contribution in [0.25, 0.3) is 11.0 Å². The van der Waals surface area contributed by atoms with Gasteiger partial charge in [-0.1, -0.05) is 18.2 Å². The Kier molecular flexibility index (Phi) is 5.42. The minimum absolute atomic E-state index is 0.0300. The molecule has 1 aliphatic rings. The molecule has 0 fully saturated rings. The highest BCUT2D eigenvalue weighted by Crippen LogP contribution is 2.33. The zero-order valence-corrected chi connectivity index (χ0v) is 17.4. The van der Waals surface area contributed by atoms with Crippen molar-refractivity contribution in [2.45, 2.75) is 18.9 Å². The maximum atomic E-state index is 13.5. The predicted molar refractivity (Wildman–Crippen MR) is 119 cm³/mol. The molecule has 0 bridgehead atoms. The number of hydrogen-bond donors (Lipinski definition) is 3. The number of non-ortho nitro benzene ring substituents is 1. The second-order valence-corrected chi connectivity index (χ2v) is 7.67. The Morgan fingerprint density at radius 2 is 1.91 bits per heavy atom. The van der Waals surface area contributed by atoms with Gasteiger partial charge in [-0.3, -0.25) is 34.2 Å². The number of nitro groups is 1. The zero-order chi connectivity index (χ0) is 23.9. The largest absolute Gasteiger partial charge is 0.480 e. The van der Waals surface area contributed by atoms with Crippen LogP contribution in [0.3, 0.4) is 0 Å². The van der Waals surface area contributed by atoms with E-state index in [0.717, 1.165) is 11.6 Å². The van der Waals surface area contributed by atoms with Crippen LogP contribution in [0.5, 0.6) is 0 Å². The molecule has 1 aliphatic heterocycles. The van der Waals surface area contributed by atoms with E-state index in [0.29, 0.717) is 18.5 Å². The molecule has 2 aromatic carbocycles. The summed E-state index contributed by atoms with van der Waals surface area (Å²) in [6, 6.07) is 8.41. The highest BCUT2D eigenvalue weighted by atomic mass is 16.6. The SMILES string of the molecule is CN(c1cc([N+](=O)[O-])cc2[nH]c(=O)c(=O)[nH]c12)C1CCc2ccccc2N(CC(=O)O)C1=O. The highest BCUT2D eigenvalue weighted by molar-refractivity contribution is 6.04. The first-order valence-electron chi connectivity index (χ1n) is 9.96. The van der Waals surface area contributed by atoms with Gasteiger partial charge in [0.15, 0.2) is 0 Å². The summed E-state index contributed by atoms with van der Waals surface area (Å²) in [6.45, 7) is -0.556. The van der Waals surface area contributed by atoms with E-state index >= 15 is 0 Å². The minimum Gasteiger partial charge on any atom is -0.480 e. The molecule has 3 N–H and O–H groups in total. The molecule has 12 heteroatoms. The van der Waals surface area contributed by atoms with Gasteiger partial charge < -0.3 is 20.0 Å². The second-order valence-electron chi connectivity index (χ2n) is 7.67. The van der Waals surface area contributed by atoms with Crippen LogP contribution in [-0.4, -0.2) is 51.5 Å². The number of hydrogen-bond acceptors (Lipinski definition) is 7. The number of amides is 1. The van der Waals surface area contributed by atoms with Gasteiger partial charge in [0, 0.05) is 24.9 Å². The van der Waals surface area contributed by atoms with E-state index in [-0.39, 0.29) is 22.4 Å². The number of likely N-dealkylation sites (N-methyl/N-ethyl adjacent to an activating group) is 1. The Balaban J connectivity index is 1.86. The average molecular weight is 453 g/mol. The number of nitrogens with one attached hydrogen (secondary N) is 2. The summed E-state index contributed by atoms with van der Waals surface area (Å²) in [7, 11) is 1.53. The number of aliphatic carboxylic acids is 1. The molecule has 170 valence electrons. The Morgan fingerprint density at radius 1 is 1.21 bits per heavy atom. The normalized spacial score (nSPS) is 15.7. The Hall–Kier alpha value is -4.48. The van der Waals surface area contributed by atoms with Crippen LogP contribution in [0.15, 0.2) is 46.0 Å². The van der Waals surface area contributed by atoms with Crippen LogP contribution in [0.4, 0.5) is 17.1 Å². The number of carboxylic acids is 1. The molecule has 1 aromatic heterocycles. The molecule has 3 aromatic rings. The molecule has 33 heavy (non-hydrogen) atoms. The highest BCUT2D eigenvalue weighted by Gasteiger charge is 2.35. The smallest absolute Gasteiger partial charge is 0.323 e. The zero-order valence-electron chi connectivity index (χ0n) is 17.4. The topological polar surface area (TPSA) is 170 Å². The van der Waals surface area contributed by atoms with Gasteiger partial charge in [-0.05, 0) is 24.5 Å². The van der Waals surface area contributed by atoms with Gasteiger partial charge in [0.25, 0.3) is 5.69 Å². The summed E-state index contributed by atoms with van der Waals surface area (Å²) < 4.78 is 0. The van der Waals surface area contributed by atoms with Crippen LogP contribution >= 0.6 is 0 Å². The second kappa shape index (κ2) is 8.22. The van der Waals surface area contributed by atoms with E-state index < -0.39 is 40.5 Å². The molecule has 0 radical (unpaired) electrons. The van der Waals surface area contributed by atoms with E-state index in [1.165, 1.54) is 22.9 Å². The van der Waals surface area contributed by atoms with Crippen molar-refractivity contribution in [2.24, 2.45) is 0 Å². The molecule has 1 unspecified atom stereocenters. The first kappa shape index (κ1) is 21.7. The number of carbonyl (C=O) groups is 2.